The van der Waals surface area contributed by atoms with Gasteiger partial charge in [-0.05, 0) is 61.8 Å². The summed E-state index contributed by atoms with van der Waals surface area (Å²) in [6, 6.07) is 19.6. The Morgan fingerprint density at radius 3 is 2.24 bits per heavy atom. The van der Waals surface area contributed by atoms with Gasteiger partial charge in [-0.2, -0.15) is 4.31 Å². The molecular formula is C29H32F2N2O3S. The van der Waals surface area contributed by atoms with Crippen LogP contribution < -0.4 is 5.32 Å². The van der Waals surface area contributed by atoms with E-state index in [1.165, 1.54) is 4.31 Å². The highest BCUT2D eigenvalue weighted by Gasteiger charge is 2.32. The summed E-state index contributed by atoms with van der Waals surface area (Å²) in [7, 11) is -4.19. The summed E-state index contributed by atoms with van der Waals surface area (Å²) in [5, 5.41) is 3.11. The normalized spacial score (nSPS) is 18.1. The van der Waals surface area contributed by atoms with E-state index < -0.39 is 26.6 Å². The summed E-state index contributed by atoms with van der Waals surface area (Å²) < 4.78 is 56.1. The summed E-state index contributed by atoms with van der Waals surface area (Å²) in [6.45, 7) is 2.32. The first-order valence-corrected chi connectivity index (χ1v) is 14.0. The molecule has 1 amide bonds. The molecule has 0 spiro atoms. The quantitative estimate of drug-likeness (QED) is 0.407. The van der Waals surface area contributed by atoms with Crippen LogP contribution in [0.5, 0.6) is 0 Å². The van der Waals surface area contributed by atoms with Gasteiger partial charge in [-0.1, -0.05) is 60.2 Å². The van der Waals surface area contributed by atoms with Gasteiger partial charge in [-0.25, -0.2) is 17.2 Å². The van der Waals surface area contributed by atoms with Crippen LogP contribution in [0.25, 0.3) is 0 Å². The molecule has 3 aromatic rings. The summed E-state index contributed by atoms with van der Waals surface area (Å²) >= 11 is 0. The Labute approximate surface area is 217 Å². The molecule has 0 aliphatic heterocycles. The van der Waals surface area contributed by atoms with Gasteiger partial charge in [-0.3, -0.25) is 4.79 Å². The predicted molar refractivity (Wildman–Crippen MR) is 139 cm³/mol. The third-order valence-electron chi connectivity index (χ3n) is 6.87. The molecule has 1 aliphatic carbocycles. The maximum absolute atomic E-state index is 14.5. The molecule has 1 aliphatic rings. The molecule has 1 fully saturated rings. The lowest BCUT2D eigenvalue weighted by Crippen LogP contribution is -2.41. The summed E-state index contributed by atoms with van der Waals surface area (Å²) in [5.41, 5.74) is 2.89. The number of sulfonamides is 1. The Balaban J connectivity index is 1.40. The van der Waals surface area contributed by atoms with E-state index in [1.54, 1.807) is 0 Å². The third-order valence-corrected chi connectivity index (χ3v) is 8.72. The second-order valence-corrected chi connectivity index (χ2v) is 11.7. The fourth-order valence-electron chi connectivity index (χ4n) is 4.81. The molecule has 0 atom stereocenters. The van der Waals surface area contributed by atoms with Gasteiger partial charge >= 0.3 is 0 Å². The number of nitrogens with one attached hydrogen (secondary N) is 1. The van der Waals surface area contributed by atoms with Gasteiger partial charge < -0.3 is 5.32 Å². The van der Waals surface area contributed by atoms with Crippen molar-refractivity contribution in [3.63, 3.8) is 0 Å². The standard InChI is InChI=1S/C29H32F2N2O3S/c1-21-7-9-22(10-8-21)17-29(34)32-26-14-11-24(12-15-26)20-33(19-23-5-3-2-4-6-23)37(35,36)28-16-13-25(30)18-27(28)31/h2-10,13,16,18,24,26H,11-12,14-15,17,19-20H2,1H3,(H,32,34). The average molecular weight is 527 g/mol. The second kappa shape index (κ2) is 12.0. The lowest BCUT2D eigenvalue weighted by atomic mass is 9.86. The van der Waals surface area contributed by atoms with Gasteiger partial charge in [0.05, 0.1) is 6.42 Å². The van der Waals surface area contributed by atoms with E-state index in [1.807, 2.05) is 61.5 Å². The molecule has 196 valence electrons. The Bertz CT molecular complexity index is 1310. The van der Waals surface area contributed by atoms with E-state index in [4.69, 9.17) is 0 Å². The highest BCUT2D eigenvalue weighted by atomic mass is 32.2. The number of hydrogen-bond acceptors (Lipinski definition) is 3. The number of halogens is 2. The largest absolute Gasteiger partial charge is 0.353 e. The van der Waals surface area contributed by atoms with Crippen molar-refractivity contribution >= 4 is 15.9 Å². The zero-order valence-electron chi connectivity index (χ0n) is 20.9. The lowest BCUT2D eigenvalue weighted by Gasteiger charge is -2.33. The number of aryl methyl sites for hydroxylation is 1. The van der Waals surface area contributed by atoms with E-state index in [-0.39, 0.29) is 31.0 Å². The molecule has 0 radical (unpaired) electrons. The minimum absolute atomic E-state index is 0.0210. The monoisotopic (exact) mass is 526 g/mol. The van der Waals surface area contributed by atoms with Gasteiger partial charge in [0.15, 0.2) is 0 Å². The van der Waals surface area contributed by atoms with Crippen LogP contribution in [0.4, 0.5) is 8.78 Å². The van der Waals surface area contributed by atoms with Crippen molar-refractivity contribution in [1.82, 2.24) is 9.62 Å². The summed E-state index contributed by atoms with van der Waals surface area (Å²) in [4.78, 5) is 12.0. The molecule has 1 N–H and O–H groups in total. The number of carbonyl (C=O) groups is 1. The molecule has 8 heteroatoms. The highest BCUT2D eigenvalue weighted by Crippen LogP contribution is 2.29. The van der Waals surface area contributed by atoms with Gasteiger partial charge in [0, 0.05) is 25.2 Å². The Morgan fingerprint density at radius 2 is 1.59 bits per heavy atom. The van der Waals surface area contributed by atoms with E-state index in [0.717, 1.165) is 54.5 Å². The Hall–Kier alpha value is -3.10. The first-order valence-electron chi connectivity index (χ1n) is 12.5. The topological polar surface area (TPSA) is 66.5 Å². The van der Waals surface area contributed by atoms with Crippen LogP contribution in [-0.2, 0) is 27.8 Å². The van der Waals surface area contributed by atoms with E-state index in [9.17, 15) is 22.0 Å². The molecule has 3 aromatic carbocycles. The Kier molecular flexibility index (Phi) is 8.71. The molecular weight excluding hydrogens is 494 g/mol. The van der Waals surface area contributed by atoms with Gasteiger partial charge in [0.25, 0.3) is 0 Å². The predicted octanol–water partition coefficient (Wildman–Crippen LogP) is 5.38. The zero-order chi connectivity index (χ0) is 26.4. The second-order valence-electron chi connectivity index (χ2n) is 9.81. The molecule has 0 bridgehead atoms. The van der Waals surface area contributed by atoms with Crippen molar-refractivity contribution in [2.75, 3.05) is 6.54 Å². The highest BCUT2D eigenvalue weighted by molar-refractivity contribution is 7.89. The number of rotatable bonds is 9. The van der Waals surface area contributed by atoms with Gasteiger partial charge in [-0.15, -0.1) is 0 Å². The van der Waals surface area contributed by atoms with Crippen LogP contribution in [0.2, 0.25) is 0 Å². The molecule has 1 saturated carbocycles. The van der Waals surface area contributed by atoms with E-state index in [0.29, 0.717) is 12.5 Å². The van der Waals surface area contributed by atoms with Crippen LogP contribution in [0.3, 0.4) is 0 Å². The maximum atomic E-state index is 14.5. The van der Waals surface area contributed by atoms with E-state index in [2.05, 4.69) is 5.32 Å². The number of carbonyl (C=O) groups excluding carboxylic acids is 1. The van der Waals surface area contributed by atoms with Crippen LogP contribution in [-0.4, -0.2) is 31.2 Å². The van der Waals surface area contributed by atoms with Crippen molar-refractivity contribution in [2.45, 2.75) is 56.5 Å². The first kappa shape index (κ1) is 26.9. The SMILES string of the molecule is Cc1ccc(CC(=O)NC2CCC(CN(Cc3ccccc3)S(=O)(=O)c3ccc(F)cc3F)CC2)cc1. The van der Waals surface area contributed by atoms with E-state index >= 15 is 0 Å². The third kappa shape index (κ3) is 7.23. The van der Waals surface area contributed by atoms with Crippen molar-refractivity contribution in [3.05, 3.63) is 101 Å². The molecule has 5 nitrogen and oxygen atoms in total. The molecule has 37 heavy (non-hydrogen) atoms. The minimum atomic E-state index is -4.19. The Morgan fingerprint density at radius 1 is 0.919 bits per heavy atom. The van der Waals surface area contributed by atoms with Gasteiger partial charge in [0.1, 0.15) is 16.5 Å². The number of benzene rings is 3. The van der Waals surface area contributed by atoms with Crippen molar-refractivity contribution in [2.24, 2.45) is 5.92 Å². The molecule has 0 unspecified atom stereocenters. The van der Waals surface area contributed by atoms with Crippen LogP contribution in [0, 0.1) is 24.5 Å². The summed E-state index contributed by atoms with van der Waals surface area (Å²) in [5.74, 6) is -1.88. The van der Waals surface area contributed by atoms with Crippen molar-refractivity contribution in [1.29, 1.82) is 0 Å². The zero-order valence-corrected chi connectivity index (χ0v) is 21.7. The fourth-order valence-corrected chi connectivity index (χ4v) is 6.36. The summed E-state index contributed by atoms with van der Waals surface area (Å²) in [6.07, 6.45) is 3.29. The molecule has 0 aromatic heterocycles. The minimum Gasteiger partial charge on any atom is -0.353 e. The number of hydrogen-bond donors (Lipinski definition) is 1. The fraction of sp³-hybridized carbons (Fsp3) is 0.345. The van der Waals surface area contributed by atoms with Crippen LogP contribution in [0.1, 0.15) is 42.4 Å². The van der Waals surface area contributed by atoms with Crippen molar-refractivity contribution < 1.29 is 22.0 Å². The molecule has 0 heterocycles. The number of amides is 1. The van der Waals surface area contributed by atoms with Crippen LogP contribution >= 0.6 is 0 Å². The number of nitrogens with zero attached hydrogens (tertiary/aromatic N) is 1. The first-order chi connectivity index (χ1) is 17.7. The molecule has 0 saturated heterocycles. The van der Waals surface area contributed by atoms with Crippen LogP contribution in [0.15, 0.2) is 77.7 Å². The van der Waals surface area contributed by atoms with Crippen molar-refractivity contribution in [3.8, 4) is 0 Å². The molecule has 4 rings (SSSR count). The smallest absolute Gasteiger partial charge is 0.246 e. The lowest BCUT2D eigenvalue weighted by molar-refractivity contribution is -0.121. The van der Waals surface area contributed by atoms with Gasteiger partial charge in [0.2, 0.25) is 15.9 Å². The average Bonchev–Trinajstić information content (AvgIpc) is 2.86. The maximum Gasteiger partial charge on any atom is 0.246 e.